The van der Waals surface area contributed by atoms with E-state index in [1.54, 1.807) is 19.1 Å². The second kappa shape index (κ2) is 5.94. The molecular weight excluding hydrogens is 258 g/mol. The molecule has 1 aromatic rings. The zero-order chi connectivity index (χ0) is 14.7. The van der Waals surface area contributed by atoms with Gasteiger partial charge in [-0.1, -0.05) is 12.5 Å². The van der Waals surface area contributed by atoms with Gasteiger partial charge < -0.3 is 15.5 Å². The van der Waals surface area contributed by atoms with Crippen molar-refractivity contribution in [2.75, 3.05) is 0 Å². The number of nitrogens with one attached hydrogen (secondary N) is 1. The molecule has 5 nitrogen and oxygen atoms in total. The van der Waals surface area contributed by atoms with Gasteiger partial charge in [0.1, 0.15) is 5.75 Å². The summed E-state index contributed by atoms with van der Waals surface area (Å²) in [6, 6.07) is 4.66. The predicted octanol–water partition coefficient (Wildman–Crippen LogP) is 2.07. The Balaban J connectivity index is 2.00. The number of carbonyl (C=O) groups is 2. The van der Waals surface area contributed by atoms with E-state index in [1.165, 1.54) is 6.07 Å². The highest BCUT2D eigenvalue weighted by Gasteiger charge is 2.28. The van der Waals surface area contributed by atoms with Crippen LogP contribution in [0.2, 0.25) is 0 Å². The molecule has 108 valence electrons. The van der Waals surface area contributed by atoms with E-state index in [0.29, 0.717) is 24.0 Å². The van der Waals surface area contributed by atoms with Crippen LogP contribution in [-0.4, -0.2) is 28.1 Å². The smallest absolute Gasteiger partial charge is 0.306 e. The van der Waals surface area contributed by atoms with E-state index in [2.05, 4.69) is 5.32 Å². The van der Waals surface area contributed by atoms with Gasteiger partial charge in [-0.2, -0.15) is 0 Å². The molecule has 0 radical (unpaired) electrons. The summed E-state index contributed by atoms with van der Waals surface area (Å²) < 4.78 is 0. The number of carbonyl (C=O) groups excluding carboxylic acids is 1. The molecule has 1 aliphatic carbocycles. The molecule has 0 bridgehead atoms. The number of phenolic OH excluding ortho intramolecular Hbond substituents is 1. The summed E-state index contributed by atoms with van der Waals surface area (Å²) >= 11 is 0. The van der Waals surface area contributed by atoms with Crippen LogP contribution in [0, 0.1) is 12.8 Å². The normalized spacial score (nSPS) is 22.2. The number of carboxylic acids is 1. The molecule has 1 amide bonds. The van der Waals surface area contributed by atoms with Crippen LogP contribution in [0.5, 0.6) is 5.75 Å². The van der Waals surface area contributed by atoms with Crippen LogP contribution in [-0.2, 0) is 4.79 Å². The first-order valence-corrected chi connectivity index (χ1v) is 6.80. The van der Waals surface area contributed by atoms with Gasteiger partial charge in [-0.3, -0.25) is 9.59 Å². The maximum absolute atomic E-state index is 12.1. The van der Waals surface area contributed by atoms with Crippen LogP contribution < -0.4 is 5.32 Å². The molecular formula is C15H19NO4. The van der Waals surface area contributed by atoms with Gasteiger partial charge in [-0.15, -0.1) is 0 Å². The number of benzene rings is 1. The van der Waals surface area contributed by atoms with Crippen molar-refractivity contribution in [3.63, 3.8) is 0 Å². The standard InChI is InChI=1S/C15H19NO4/c1-9-5-6-10(8-13(9)17)14(18)16-12-4-2-3-11(7-12)15(19)20/h5-6,8,11-12,17H,2-4,7H2,1H3,(H,16,18)(H,19,20). The lowest BCUT2D eigenvalue weighted by Crippen LogP contribution is -2.39. The minimum Gasteiger partial charge on any atom is -0.508 e. The molecule has 0 spiro atoms. The van der Waals surface area contributed by atoms with Crippen molar-refractivity contribution in [1.82, 2.24) is 5.32 Å². The van der Waals surface area contributed by atoms with Crippen LogP contribution in [0.3, 0.4) is 0 Å². The zero-order valence-electron chi connectivity index (χ0n) is 11.4. The van der Waals surface area contributed by atoms with Crippen LogP contribution in [0.15, 0.2) is 18.2 Å². The first kappa shape index (κ1) is 14.4. The number of carboxylic acid groups (broad SMARTS) is 1. The number of aliphatic carboxylic acids is 1. The molecule has 0 aromatic heterocycles. The Bertz CT molecular complexity index is 527. The Hall–Kier alpha value is -2.04. The fourth-order valence-electron chi connectivity index (χ4n) is 2.56. The highest BCUT2D eigenvalue weighted by Crippen LogP contribution is 2.25. The molecule has 0 aliphatic heterocycles. The van der Waals surface area contributed by atoms with Gasteiger partial charge in [0.25, 0.3) is 5.91 Å². The van der Waals surface area contributed by atoms with E-state index in [4.69, 9.17) is 5.11 Å². The average molecular weight is 277 g/mol. The number of hydrogen-bond acceptors (Lipinski definition) is 3. The SMILES string of the molecule is Cc1ccc(C(=O)NC2CCCC(C(=O)O)C2)cc1O. The van der Waals surface area contributed by atoms with Gasteiger partial charge >= 0.3 is 5.97 Å². The predicted molar refractivity (Wildman–Crippen MR) is 73.7 cm³/mol. The second-order valence-corrected chi connectivity index (χ2v) is 5.37. The average Bonchev–Trinajstić information content (AvgIpc) is 2.42. The van der Waals surface area contributed by atoms with Gasteiger partial charge in [0.2, 0.25) is 0 Å². The molecule has 2 atom stereocenters. The lowest BCUT2D eigenvalue weighted by Gasteiger charge is -2.27. The Morgan fingerprint density at radius 2 is 2.05 bits per heavy atom. The fraction of sp³-hybridized carbons (Fsp3) is 0.467. The third-order valence-corrected chi connectivity index (χ3v) is 3.83. The Kier molecular flexibility index (Phi) is 4.27. The number of rotatable bonds is 3. The maximum Gasteiger partial charge on any atom is 0.306 e. The quantitative estimate of drug-likeness (QED) is 0.789. The molecule has 5 heteroatoms. The minimum absolute atomic E-state index is 0.0877. The summed E-state index contributed by atoms with van der Waals surface area (Å²) in [5.74, 6) is -1.35. The first-order chi connectivity index (χ1) is 9.47. The zero-order valence-corrected chi connectivity index (χ0v) is 11.4. The molecule has 1 aliphatic rings. The second-order valence-electron chi connectivity index (χ2n) is 5.37. The number of aryl methyl sites for hydroxylation is 1. The summed E-state index contributed by atoms with van der Waals surface area (Å²) in [6.07, 6.45) is 2.75. The van der Waals surface area contributed by atoms with Gasteiger partial charge in [0.05, 0.1) is 5.92 Å². The van der Waals surface area contributed by atoms with Gasteiger partial charge in [-0.25, -0.2) is 0 Å². The number of phenols is 1. The Labute approximate surface area is 117 Å². The molecule has 2 unspecified atom stereocenters. The maximum atomic E-state index is 12.1. The largest absolute Gasteiger partial charge is 0.508 e. The van der Waals surface area contributed by atoms with Crippen molar-refractivity contribution in [3.8, 4) is 5.75 Å². The molecule has 0 heterocycles. The summed E-state index contributed by atoms with van der Waals surface area (Å²) in [5, 5.41) is 21.5. The molecule has 3 N–H and O–H groups in total. The summed E-state index contributed by atoms with van der Waals surface area (Å²) in [7, 11) is 0. The van der Waals surface area contributed by atoms with E-state index < -0.39 is 5.97 Å². The van der Waals surface area contributed by atoms with E-state index in [9.17, 15) is 14.7 Å². The monoisotopic (exact) mass is 277 g/mol. The third-order valence-electron chi connectivity index (χ3n) is 3.83. The highest BCUT2D eigenvalue weighted by molar-refractivity contribution is 5.94. The van der Waals surface area contributed by atoms with E-state index in [-0.39, 0.29) is 23.6 Å². The van der Waals surface area contributed by atoms with E-state index in [1.807, 2.05) is 0 Å². The Morgan fingerprint density at radius 3 is 2.70 bits per heavy atom. The highest BCUT2D eigenvalue weighted by atomic mass is 16.4. The van der Waals surface area contributed by atoms with E-state index in [0.717, 1.165) is 12.8 Å². The summed E-state index contributed by atoms with van der Waals surface area (Å²) in [5.41, 5.74) is 1.11. The number of hydrogen-bond donors (Lipinski definition) is 3. The molecule has 1 fully saturated rings. The molecule has 1 saturated carbocycles. The Morgan fingerprint density at radius 1 is 1.30 bits per heavy atom. The fourth-order valence-corrected chi connectivity index (χ4v) is 2.56. The van der Waals surface area contributed by atoms with Gasteiger partial charge in [-0.05, 0) is 43.9 Å². The van der Waals surface area contributed by atoms with Gasteiger partial charge in [0.15, 0.2) is 0 Å². The van der Waals surface area contributed by atoms with Crippen LogP contribution in [0.1, 0.15) is 41.6 Å². The molecule has 20 heavy (non-hydrogen) atoms. The van der Waals surface area contributed by atoms with Crippen molar-refractivity contribution in [1.29, 1.82) is 0 Å². The number of amides is 1. The number of aromatic hydroxyl groups is 1. The van der Waals surface area contributed by atoms with Crippen molar-refractivity contribution in [3.05, 3.63) is 29.3 Å². The van der Waals surface area contributed by atoms with Gasteiger partial charge in [0, 0.05) is 11.6 Å². The van der Waals surface area contributed by atoms with Crippen LogP contribution in [0.4, 0.5) is 0 Å². The molecule has 1 aromatic carbocycles. The van der Waals surface area contributed by atoms with Crippen LogP contribution >= 0.6 is 0 Å². The van der Waals surface area contributed by atoms with Crippen LogP contribution in [0.25, 0.3) is 0 Å². The first-order valence-electron chi connectivity index (χ1n) is 6.80. The summed E-state index contributed by atoms with van der Waals surface area (Å²) in [6.45, 7) is 1.76. The van der Waals surface area contributed by atoms with E-state index >= 15 is 0 Å². The van der Waals surface area contributed by atoms with Crippen molar-refractivity contribution >= 4 is 11.9 Å². The minimum atomic E-state index is -0.795. The van der Waals surface area contributed by atoms with Crippen molar-refractivity contribution in [2.45, 2.75) is 38.6 Å². The summed E-state index contributed by atoms with van der Waals surface area (Å²) in [4.78, 5) is 23.1. The lowest BCUT2D eigenvalue weighted by molar-refractivity contribution is -0.143. The van der Waals surface area contributed by atoms with Crippen molar-refractivity contribution in [2.24, 2.45) is 5.92 Å². The third kappa shape index (κ3) is 3.29. The lowest BCUT2D eigenvalue weighted by atomic mass is 9.85. The molecule has 2 rings (SSSR count). The molecule has 0 saturated heterocycles. The topological polar surface area (TPSA) is 86.6 Å². The van der Waals surface area contributed by atoms with Crippen molar-refractivity contribution < 1.29 is 19.8 Å².